The van der Waals surface area contributed by atoms with Gasteiger partial charge in [-0.15, -0.1) is 0 Å². The van der Waals surface area contributed by atoms with E-state index in [4.69, 9.17) is 0 Å². The molecule has 1 heterocycles. The summed E-state index contributed by atoms with van der Waals surface area (Å²) in [5.41, 5.74) is 0. The third-order valence-electron chi connectivity index (χ3n) is 2.37. The minimum atomic E-state index is -2.72. The van der Waals surface area contributed by atoms with Gasteiger partial charge in [0, 0.05) is 0 Å². The third kappa shape index (κ3) is 1.95. The molecule has 1 aliphatic rings. The number of sulfone groups is 1. The van der Waals surface area contributed by atoms with Crippen molar-refractivity contribution in [2.24, 2.45) is 5.92 Å². The van der Waals surface area contributed by atoms with E-state index in [2.05, 4.69) is 0 Å². The quantitative estimate of drug-likeness (QED) is 0.608. The predicted octanol–water partition coefficient (Wildman–Crippen LogP) is 1.61. The minimum Gasteiger partial charge on any atom is -0.229 e. The monoisotopic (exact) mass is 176 g/mol. The maximum absolute atomic E-state index is 11.4. The van der Waals surface area contributed by atoms with Crippen LogP contribution in [0, 0.1) is 5.92 Å². The number of rotatable bonds is 1. The van der Waals surface area contributed by atoms with Gasteiger partial charge in [-0.05, 0) is 18.8 Å². The Morgan fingerprint density at radius 2 is 1.91 bits per heavy atom. The Balaban J connectivity index is 2.76. The van der Waals surface area contributed by atoms with E-state index in [-0.39, 0.29) is 5.25 Å². The summed E-state index contributed by atoms with van der Waals surface area (Å²) in [6.45, 7) is 3.99. The van der Waals surface area contributed by atoms with E-state index >= 15 is 0 Å². The van der Waals surface area contributed by atoms with Gasteiger partial charge in [0.1, 0.15) is 0 Å². The zero-order chi connectivity index (χ0) is 8.48. The van der Waals surface area contributed by atoms with Crippen LogP contribution >= 0.6 is 0 Å². The lowest BCUT2D eigenvalue weighted by Gasteiger charge is -2.24. The Bertz CT molecular complexity index is 216. The van der Waals surface area contributed by atoms with Crippen LogP contribution in [0.3, 0.4) is 0 Å². The van der Waals surface area contributed by atoms with Crippen LogP contribution in [0.2, 0.25) is 0 Å². The van der Waals surface area contributed by atoms with E-state index in [1.807, 2.05) is 13.8 Å². The molecule has 0 amide bonds. The fourth-order valence-electron chi connectivity index (χ4n) is 1.73. The van der Waals surface area contributed by atoms with Crippen LogP contribution in [0.4, 0.5) is 0 Å². The van der Waals surface area contributed by atoms with Crippen molar-refractivity contribution in [1.29, 1.82) is 0 Å². The van der Waals surface area contributed by atoms with Gasteiger partial charge in [-0.3, -0.25) is 0 Å². The molecule has 1 unspecified atom stereocenters. The molecule has 0 aromatic heterocycles. The van der Waals surface area contributed by atoms with Crippen molar-refractivity contribution in [1.82, 2.24) is 0 Å². The SMILES string of the molecule is CC(C)C1CCCCS1(=O)=O. The van der Waals surface area contributed by atoms with Crippen LogP contribution in [0.5, 0.6) is 0 Å². The van der Waals surface area contributed by atoms with Crippen molar-refractivity contribution < 1.29 is 8.42 Å². The van der Waals surface area contributed by atoms with Crippen molar-refractivity contribution in [3.05, 3.63) is 0 Å². The molecule has 1 atom stereocenters. The second-order valence-electron chi connectivity index (χ2n) is 3.65. The van der Waals surface area contributed by atoms with E-state index in [1.165, 1.54) is 0 Å². The van der Waals surface area contributed by atoms with Gasteiger partial charge in [0.2, 0.25) is 0 Å². The van der Waals surface area contributed by atoms with Gasteiger partial charge in [-0.1, -0.05) is 20.3 Å². The molecule has 0 aliphatic carbocycles. The van der Waals surface area contributed by atoms with Crippen LogP contribution in [0.1, 0.15) is 33.1 Å². The topological polar surface area (TPSA) is 34.1 Å². The zero-order valence-electron chi connectivity index (χ0n) is 7.21. The molecule has 0 N–H and O–H groups in total. The maximum atomic E-state index is 11.4. The van der Waals surface area contributed by atoms with Gasteiger partial charge in [0.05, 0.1) is 11.0 Å². The van der Waals surface area contributed by atoms with E-state index in [1.54, 1.807) is 0 Å². The second kappa shape index (κ2) is 3.13. The van der Waals surface area contributed by atoms with E-state index in [0.717, 1.165) is 19.3 Å². The summed E-state index contributed by atoms with van der Waals surface area (Å²) < 4.78 is 22.8. The standard InChI is InChI=1S/C8H16O2S/c1-7(2)8-5-3-4-6-11(8,9)10/h7-8H,3-6H2,1-2H3. The van der Waals surface area contributed by atoms with Crippen LogP contribution < -0.4 is 0 Å². The van der Waals surface area contributed by atoms with Crippen LogP contribution in [-0.2, 0) is 9.84 Å². The molecule has 11 heavy (non-hydrogen) atoms. The molecule has 0 aromatic rings. The maximum Gasteiger partial charge on any atom is 0.153 e. The molecular weight excluding hydrogens is 160 g/mol. The summed E-state index contributed by atoms with van der Waals surface area (Å²) in [6, 6.07) is 0. The Labute approximate surface area is 68.9 Å². The Hall–Kier alpha value is -0.0500. The average molecular weight is 176 g/mol. The normalized spacial score (nSPS) is 30.6. The first kappa shape index (κ1) is 9.04. The van der Waals surface area contributed by atoms with Gasteiger partial charge < -0.3 is 0 Å². The number of hydrogen-bond acceptors (Lipinski definition) is 2. The molecule has 0 bridgehead atoms. The third-order valence-corrected chi connectivity index (χ3v) is 4.93. The summed E-state index contributed by atoms with van der Waals surface area (Å²) in [5, 5.41) is -0.0590. The molecule has 0 spiro atoms. The highest BCUT2D eigenvalue weighted by Crippen LogP contribution is 2.24. The lowest BCUT2D eigenvalue weighted by atomic mass is 10.0. The van der Waals surface area contributed by atoms with Gasteiger partial charge in [-0.25, -0.2) is 8.42 Å². The molecule has 1 fully saturated rings. The largest absolute Gasteiger partial charge is 0.229 e. The Morgan fingerprint density at radius 3 is 2.27 bits per heavy atom. The minimum absolute atomic E-state index is 0.0590. The Kier molecular flexibility index (Phi) is 2.58. The highest BCUT2D eigenvalue weighted by atomic mass is 32.2. The summed E-state index contributed by atoms with van der Waals surface area (Å²) in [7, 11) is -2.72. The highest BCUT2D eigenvalue weighted by molar-refractivity contribution is 7.92. The predicted molar refractivity (Wildman–Crippen MR) is 46.3 cm³/mol. The molecule has 3 heteroatoms. The van der Waals surface area contributed by atoms with Crippen molar-refractivity contribution in [2.45, 2.75) is 38.4 Å². The first-order chi connectivity index (χ1) is 5.04. The van der Waals surface area contributed by atoms with Crippen molar-refractivity contribution in [2.75, 3.05) is 5.75 Å². The summed E-state index contributed by atoms with van der Waals surface area (Å²) in [6.07, 6.45) is 2.83. The molecular formula is C8H16O2S. The van der Waals surface area contributed by atoms with Gasteiger partial charge in [0.25, 0.3) is 0 Å². The van der Waals surface area contributed by atoms with Gasteiger partial charge >= 0.3 is 0 Å². The first-order valence-electron chi connectivity index (χ1n) is 4.25. The van der Waals surface area contributed by atoms with Crippen molar-refractivity contribution in [3.63, 3.8) is 0 Å². The van der Waals surface area contributed by atoms with Crippen molar-refractivity contribution >= 4 is 9.84 Å². The van der Waals surface area contributed by atoms with E-state index in [0.29, 0.717) is 11.7 Å². The molecule has 0 saturated carbocycles. The van der Waals surface area contributed by atoms with E-state index < -0.39 is 9.84 Å². The van der Waals surface area contributed by atoms with Crippen LogP contribution in [0.15, 0.2) is 0 Å². The summed E-state index contributed by atoms with van der Waals surface area (Å²) in [5.74, 6) is 0.704. The molecule has 1 rings (SSSR count). The van der Waals surface area contributed by atoms with Crippen LogP contribution in [0.25, 0.3) is 0 Å². The van der Waals surface area contributed by atoms with Crippen molar-refractivity contribution in [3.8, 4) is 0 Å². The smallest absolute Gasteiger partial charge is 0.153 e. The molecule has 2 nitrogen and oxygen atoms in total. The van der Waals surface area contributed by atoms with E-state index in [9.17, 15) is 8.42 Å². The summed E-state index contributed by atoms with van der Waals surface area (Å²) >= 11 is 0. The zero-order valence-corrected chi connectivity index (χ0v) is 8.02. The fraction of sp³-hybridized carbons (Fsp3) is 1.00. The number of hydrogen-bond donors (Lipinski definition) is 0. The van der Waals surface area contributed by atoms with Gasteiger partial charge in [-0.2, -0.15) is 0 Å². The molecule has 0 aromatic carbocycles. The second-order valence-corrected chi connectivity index (χ2v) is 5.98. The first-order valence-corrected chi connectivity index (χ1v) is 5.97. The molecule has 66 valence electrons. The fourth-order valence-corrected chi connectivity index (χ4v) is 3.99. The average Bonchev–Trinajstić information content (AvgIpc) is 1.85. The van der Waals surface area contributed by atoms with Gasteiger partial charge in [0.15, 0.2) is 9.84 Å². The lowest BCUT2D eigenvalue weighted by molar-refractivity contribution is 0.479. The lowest BCUT2D eigenvalue weighted by Crippen LogP contribution is -2.32. The molecule has 1 saturated heterocycles. The Morgan fingerprint density at radius 1 is 1.27 bits per heavy atom. The summed E-state index contributed by atoms with van der Waals surface area (Å²) in [4.78, 5) is 0. The highest BCUT2D eigenvalue weighted by Gasteiger charge is 2.30. The molecule has 0 radical (unpaired) electrons. The molecule has 1 aliphatic heterocycles. The van der Waals surface area contributed by atoms with Crippen LogP contribution in [-0.4, -0.2) is 19.4 Å².